The van der Waals surface area contributed by atoms with Crippen LogP contribution in [0.3, 0.4) is 0 Å². The van der Waals surface area contributed by atoms with Crippen molar-refractivity contribution in [3.8, 4) is 0 Å². The highest BCUT2D eigenvalue weighted by Gasteiger charge is 2.25. The first kappa shape index (κ1) is 19.1. The summed E-state index contributed by atoms with van der Waals surface area (Å²) in [6.07, 6.45) is 4.45. The van der Waals surface area contributed by atoms with Crippen LogP contribution in [0.15, 0.2) is 69.4 Å². The number of anilines is 2. The van der Waals surface area contributed by atoms with Gasteiger partial charge in [0.15, 0.2) is 0 Å². The monoisotopic (exact) mass is 380 g/mol. The van der Waals surface area contributed by atoms with Gasteiger partial charge >= 0.3 is 0 Å². The SMILES string of the molecule is C=CCN(CCCc1ccccc1)c1c(NCCc2ccsc2)c(=O)c1=O. The Bertz CT molecular complexity index is 925. The van der Waals surface area contributed by atoms with Gasteiger partial charge in [0, 0.05) is 19.6 Å². The van der Waals surface area contributed by atoms with Crippen LogP contribution in [0.2, 0.25) is 0 Å². The second-order valence-electron chi connectivity index (χ2n) is 6.51. The number of hydrogen-bond donors (Lipinski definition) is 1. The van der Waals surface area contributed by atoms with Crippen molar-refractivity contribution in [3.05, 3.63) is 91.4 Å². The fourth-order valence-corrected chi connectivity index (χ4v) is 3.88. The van der Waals surface area contributed by atoms with E-state index in [2.05, 4.69) is 35.5 Å². The molecule has 0 spiro atoms. The van der Waals surface area contributed by atoms with Gasteiger partial charge in [0.25, 0.3) is 10.9 Å². The normalized spacial score (nSPS) is 10.8. The third kappa shape index (κ3) is 4.74. The largest absolute Gasteiger partial charge is 0.380 e. The molecule has 1 aromatic heterocycles. The molecule has 0 radical (unpaired) electrons. The molecule has 27 heavy (non-hydrogen) atoms. The molecule has 5 heteroatoms. The first-order valence-corrected chi connectivity index (χ1v) is 10.1. The molecule has 0 unspecified atom stereocenters. The number of hydrogen-bond acceptors (Lipinski definition) is 5. The van der Waals surface area contributed by atoms with Gasteiger partial charge in [-0.15, -0.1) is 6.58 Å². The van der Waals surface area contributed by atoms with Crippen molar-refractivity contribution in [1.82, 2.24) is 0 Å². The summed E-state index contributed by atoms with van der Waals surface area (Å²) in [6.45, 7) is 5.70. The number of benzene rings is 1. The van der Waals surface area contributed by atoms with Crippen molar-refractivity contribution >= 4 is 22.7 Å². The fraction of sp³-hybridized carbons (Fsp3) is 0.273. The Labute approximate surface area is 163 Å². The zero-order valence-electron chi connectivity index (χ0n) is 15.3. The van der Waals surface area contributed by atoms with Crippen molar-refractivity contribution in [1.29, 1.82) is 0 Å². The highest BCUT2D eigenvalue weighted by molar-refractivity contribution is 7.07. The Balaban J connectivity index is 1.62. The molecule has 0 aliphatic heterocycles. The van der Waals surface area contributed by atoms with E-state index in [0.29, 0.717) is 31.0 Å². The molecule has 0 bridgehead atoms. The van der Waals surface area contributed by atoms with Crippen LogP contribution in [0.4, 0.5) is 11.4 Å². The molecule has 3 aromatic rings. The topological polar surface area (TPSA) is 49.4 Å². The van der Waals surface area contributed by atoms with E-state index in [-0.39, 0.29) is 0 Å². The Morgan fingerprint density at radius 2 is 1.85 bits per heavy atom. The minimum Gasteiger partial charge on any atom is -0.380 e. The van der Waals surface area contributed by atoms with Gasteiger partial charge in [-0.05, 0) is 47.2 Å². The molecule has 1 heterocycles. The van der Waals surface area contributed by atoms with Crippen molar-refractivity contribution in [3.63, 3.8) is 0 Å². The van der Waals surface area contributed by atoms with Gasteiger partial charge in [0.2, 0.25) is 0 Å². The summed E-state index contributed by atoms with van der Waals surface area (Å²) in [6, 6.07) is 12.3. The first-order valence-electron chi connectivity index (χ1n) is 9.18. The van der Waals surface area contributed by atoms with Gasteiger partial charge in [-0.3, -0.25) is 9.59 Å². The zero-order valence-corrected chi connectivity index (χ0v) is 16.1. The van der Waals surface area contributed by atoms with Crippen LogP contribution in [0.5, 0.6) is 0 Å². The van der Waals surface area contributed by atoms with E-state index in [1.54, 1.807) is 17.4 Å². The molecular weight excluding hydrogens is 356 g/mol. The summed E-state index contributed by atoms with van der Waals surface area (Å²) in [7, 11) is 0. The van der Waals surface area contributed by atoms with Crippen molar-refractivity contribution < 1.29 is 0 Å². The first-order chi connectivity index (χ1) is 13.2. The highest BCUT2D eigenvalue weighted by atomic mass is 32.1. The standard InChI is InChI=1S/C22H24N2O2S/c1-2-13-24(14-6-9-17-7-4-3-5-8-17)20-19(21(25)22(20)26)23-12-10-18-11-15-27-16-18/h2-5,7-8,11,15-16,23H,1,6,9-10,12-14H2. The summed E-state index contributed by atoms with van der Waals surface area (Å²) >= 11 is 1.66. The maximum absolute atomic E-state index is 12.2. The molecule has 0 atom stereocenters. The van der Waals surface area contributed by atoms with E-state index in [1.807, 2.05) is 28.5 Å². The second-order valence-corrected chi connectivity index (χ2v) is 7.29. The van der Waals surface area contributed by atoms with Gasteiger partial charge in [-0.1, -0.05) is 36.4 Å². The Morgan fingerprint density at radius 1 is 1.04 bits per heavy atom. The molecular formula is C22H24N2O2S. The lowest BCUT2D eigenvalue weighted by Crippen LogP contribution is -2.43. The lowest BCUT2D eigenvalue weighted by atomic mass is 10.1. The summed E-state index contributed by atoms with van der Waals surface area (Å²) in [5, 5.41) is 7.31. The summed E-state index contributed by atoms with van der Waals surface area (Å²) in [5.74, 6) is 0. The molecule has 0 amide bonds. The molecule has 0 aliphatic rings. The number of thiophene rings is 1. The molecule has 0 aliphatic carbocycles. The molecule has 0 fully saturated rings. The zero-order chi connectivity index (χ0) is 19.1. The predicted molar refractivity (Wildman–Crippen MR) is 115 cm³/mol. The van der Waals surface area contributed by atoms with Crippen molar-refractivity contribution in [2.75, 3.05) is 29.9 Å². The van der Waals surface area contributed by atoms with Gasteiger partial charge in [0.05, 0.1) is 0 Å². The Hall–Kier alpha value is -2.66. The summed E-state index contributed by atoms with van der Waals surface area (Å²) in [5.41, 5.74) is 2.67. The molecule has 4 nitrogen and oxygen atoms in total. The Morgan fingerprint density at radius 3 is 2.56 bits per heavy atom. The second kappa shape index (κ2) is 9.33. The van der Waals surface area contributed by atoms with Crippen LogP contribution in [-0.4, -0.2) is 19.6 Å². The lowest BCUT2D eigenvalue weighted by molar-refractivity contribution is 0.758. The van der Waals surface area contributed by atoms with E-state index in [4.69, 9.17) is 0 Å². The molecule has 3 rings (SSSR count). The Kier molecular flexibility index (Phi) is 6.60. The number of rotatable bonds is 11. The maximum Gasteiger partial charge on any atom is 0.253 e. The van der Waals surface area contributed by atoms with Gasteiger partial charge in [0.1, 0.15) is 11.4 Å². The van der Waals surface area contributed by atoms with Gasteiger partial charge in [-0.2, -0.15) is 11.3 Å². The van der Waals surface area contributed by atoms with Gasteiger partial charge in [-0.25, -0.2) is 0 Å². The lowest BCUT2D eigenvalue weighted by Gasteiger charge is -2.26. The number of nitrogens with one attached hydrogen (secondary N) is 1. The van der Waals surface area contributed by atoms with Crippen LogP contribution in [0, 0.1) is 0 Å². The quantitative estimate of drug-likeness (QED) is 0.408. The average Bonchev–Trinajstić information content (AvgIpc) is 3.21. The van der Waals surface area contributed by atoms with Crippen LogP contribution >= 0.6 is 11.3 Å². The van der Waals surface area contributed by atoms with E-state index >= 15 is 0 Å². The van der Waals surface area contributed by atoms with E-state index in [1.165, 1.54) is 11.1 Å². The third-order valence-corrected chi connectivity index (χ3v) is 5.31. The molecule has 0 saturated heterocycles. The minimum absolute atomic E-state index is 0.394. The smallest absolute Gasteiger partial charge is 0.253 e. The summed E-state index contributed by atoms with van der Waals surface area (Å²) < 4.78 is 0. The number of aryl methyl sites for hydroxylation is 1. The maximum atomic E-state index is 12.2. The molecule has 0 saturated carbocycles. The molecule has 2 aromatic carbocycles. The van der Waals surface area contributed by atoms with Crippen LogP contribution in [0.1, 0.15) is 17.5 Å². The van der Waals surface area contributed by atoms with E-state index in [9.17, 15) is 9.59 Å². The molecule has 140 valence electrons. The van der Waals surface area contributed by atoms with Crippen molar-refractivity contribution in [2.24, 2.45) is 0 Å². The number of nitrogens with zero attached hydrogens (tertiary/aromatic N) is 1. The molecule has 1 N–H and O–H groups in total. The van der Waals surface area contributed by atoms with Crippen molar-refractivity contribution in [2.45, 2.75) is 19.3 Å². The predicted octanol–water partition coefficient (Wildman–Crippen LogP) is 3.62. The third-order valence-electron chi connectivity index (χ3n) is 4.58. The van der Waals surface area contributed by atoms with Crippen LogP contribution < -0.4 is 21.1 Å². The summed E-state index contributed by atoms with van der Waals surface area (Å²) in [4.78, 5) is 26.2. The van der Waals surface area contributed by atoms with E-state index in [0.717, 1.165) is 19.3 Å². The van der Waals surface area contributed by atoms with E-state index < -0.39 is 10.9 Å². The van der Waals surface area contributed by atoms with Crippen LogP contribution in [-0.2, 0) is 12.8 Å². The van der Waals surface area contributed by atoms with Crippen LogP contribution in [0.25, 0.3) is 0 Å². The average molecular weight is 381 g/mol. The van der Waals surface area contributed by atoms with Gasteiger partial charge < -0.3 is 10.2 Å². The highest BCUT2D eigenvalue weighted by Crippen LogP contribution is 2.21. The minimum atomic E-state index is -0.410. The fourth-order valence-electron chi connectivity index (χ4n) is 3.18.